The van der Waals surface area contributed by atoms with Crippen molar-refractivity contribution in [2.75, 3.05) is 0 Å². The Kier molecular flexibility index (Phi) is 2.38. The Morgan fingerprint density at radius 3 is 2.25 bits per heavy atom. The molecule has 1 aliphatic rings. The highest BCUT2D eigenvalue weighted by Crippen LogP contribution is 2.66. The van der Waals surface area contributed by atoms with Gasteiger partial charge in [0.1, 0.15) is 0 Å². The van der Waals surface area contributed by atoms with Crippen LogP contribution in [0.5, 0.6) is 0 Å². The van der Waals surface area contributed by atoms with E-state index in [4.69, 9.17) is 0 Å². The van der Waals surface area contributed by atoms with E-state index in [1.54, 1.807) is 0 Å². The van der Waals surface area contributed by atoms with Crippen LogP contribution in [0.1, 0.15) is 47.5 Å². The number of allylic oxidation sites excluding steroid dienone is 2. The van der Waals surface area contributed by atoms with Crippen molar-refractivity contribution in [3.05, 3.63) is 12.2 Å². The third-order valence-electron chi connectivity index (χ3n) is 3.64. The van der Waals surface area contributed by atoms with E-state index >= 15 is 0 Å². The van der Waals surface area contributed by atoms with Gasteiger partial charge in [-0.25, -0.2) is 0 Å². The molecule has 0 aromatic carbocycles. The van der Waals surface area contributed by atoms with Crippen molar-refractivity contribution in [3.8, 4) is 0 Å². The molecule has 1 fully saturated rings. The highest BCUT2D eigenvalue weighted by Gasteiger charge is 2.57. The molecule has 0 heteroatoms. The maximum atomic E-state index is 2.43. The fraction of sp³-hybridized carbons (Fsp3) is 0.833. The predicted octanol–water partition coefficient (Wildman–Crippen LogP) is 4.02. The van der Waals surface area contributed by atoms with E-state index in [2.05, 4.69) is 46.8 Å². The zero-order valence-corrected chi connectivity index (χ0v) is 9.15. The molecule has 2 atom stereocenters. The Labute approximate surface area is 77.1 Å². The predicted molar refractivity (Wildman–Crippen MR) is 55.1 cm³/mol. The molecule has 1 aliphatic carbocycles. The summed E-state index contributed by atoms with van der Waals surface area (Å²) in [6, 6.07) is 0. The van der Waals surface area contributed by atoms with Crippen molar-refractivity contribution in [3.63, 3.8) is 0 Å². The summed E-state index contributed by atoms with van der Waals surface area (Å²) in [6.45, 7) is 11.6. The molecule has 0 aromatic rings. The van der Waals surface area contributed by atoms with Crippen LogP contribution in [0, 0.1) is 16.7 Å². The summed E-state index contributed by atoms with van der Waals surface area (Å²) in [6.07, 6.45) is 7.47. The van der Waals surface area contributed by atoms with Gasteiger partial charge in [-0.1, -0.05) is 46.8 Å². The van der Waals surface area contributed by atoms with E-state index < -0.39 is 0 Å². The molecule has 0 saturated heterocycles. The lowest BCUT2D eigenvalue weighted by Crippen LogP contribution is -2.03. The van der Waals surface area contributed by atoms with Gasteiger partial charge in [0, 0.05) is 0 Å². The summed E-state index contributed by atoms with van der Waals surface area (Å²) in [5.74, 6) is 0.698. The van der Waals surface area contributed by atoms with E-state index in [1.165, 1.54) is 12.8 Å². The summed E-state index contributed by atoms with van der Waals surface area (Å²) in [5.41, 5.74) is 1.10. The first kappa shape index (κ1) is 9.83. The average Bonchev–Trinajstić information content (AvgIpc) is 2.53. The van der Waals surface area contributed by atoms with Gasteiger partial charge in [0.25, 0.3) is 0 Å². The fourth-order valence-electron chi connectivity index (χ4n) is 1.96. The molecule has 0 spiro atoms. The Hall–Kier alpha value is -0.260. The average molecular weight is 166 g/mol. The van der Waals surface area contributed by atoms with E-state index in [1.807, 2.05) is 0 Å². The first-order chi connectivity index (χ1) is 5.43. The molecular formula is C12H22. The van der Waals surface area contributed by atoms with Crippen molar-refractivity contribution in [1.29, 1.82) is 0 Å². The van der Waals surface area contributed by atoms with Crippen LogP contribution in [0.4, 0.5) is 0 Å². The van der Waals surface area contributed by atoms with Crippen LogP contribution in [0.15, 0.2) is 12.2 Å². The van der Waals surface area contributed by atoms with Crippen LogP contribution in [-0.4, -0.2) is 0 Å². The van der Waals surface area contributed by atoms with E-state index in [9.17, 15) is 0 Å². The van der Waals surface area contributed by atoms with Gasteiger partial charge < -0.3 is 0 Å². The van der Waals surface area contributed by atoms with Gasteiger partial charge >= 0.3 is 0 Å². The minimum atomic E-state index is 0.506. The van der Waals surface area contributed by atoms with Gasteiger partial charge in [-0.05, 0) is 29.6 Å². The van der Waals surface area contributed by atoms with Crippen LogP contribution in [0.2, 0.25) is 0 Å². The molecule has 12 heavy (non-hydrogen) atoms. The smallest absolute Gasteiger partial charge is 0.00870 e. The summed E-state index contributed by atoms with van der Waals surface area (Å²) in [5, 5.41) is 0. The summed E-state index contributed by atoms with van der Waals surface area (Å²) in [4.78, 5) is 0. The van der Waals surface area contributed by atoms with Crippen LogP contribution < -0.4 is 0 Å². The minimum Gasteiger partial charge on any atom is -0.0854 e. The second-order valence-corrected chi connectivity index (χ2v) is 5.11. The van der Waals surface area contributed by atoms with E-state index in [0.717, 1.165) is 0 Å². The van der Waals surface area contributed by atoms with Gasteiger partial charge in [0.15, 0.2) is 0 Å². The summed E-state index contributed by atoms with van der Waals surface area (Å²) < 4.78 is 0. The van der Waals surface area contributed by atoms with Gasteiger partial charge in [-0.3, -0.25) is 0 Å². The lowest BCUT2D eigenvalue weighted by Gasteiger charge is -2.12. The molecule has 0 aliphatic heterocycles. The molecule has 1 saturated carbocycles. The van der Waals surface area contributed by atoms with Crippen LogP contribution in [0.25, 0.3) is 0 Å². The van der Waals surface area contributed by atoms with Crippen molar-refractivity contribution in [1.82, 2.24) is 0 Å². The highest BCUT2D eigenvalue weighted by molar-refractivity contribution is 5.19. The third kappa shape index (κ3) is 1.57. The molecule has 0 amide bonds. The Bertz CT molecular complexity index is 190. The van der Waals surface area contributed by atoms with Crippen molar-refractivity contribution in [2.45, 2.75) is 47.5 Å². The molecule has 0 aromatic heterocycles. The first-order valence-corrected chi connectivity index (χ1v) is 5.13. The van der Waals surface area contributed by atoms with Gasteiger partial charge in [0.2, 0.25) is 0 Å². The molecule has 0 heterocycles. The second kappa shape index (κ2) is 2.90. The molecular weight excluding hydrogens is 144 g/mol. The molecule has 2 unspecified atom stereocenters. The first-order valence-electron chi connectivity index (χ1n) is 5.13. The molecule has 0 radical (unpaired) electrons. The SMILES string of the molecule is CCC1(C)CC1(C)C=CC(C)C. The summed E-state index contributed by atoms with van der Waals surface area (Å²) in [7, 11) is 0. The van der Waals surface area contributed by atoms with Crippen LogP contribution in [0.3, 0.4) is 0 Å². The minimum absolute atomic E-state index is 0.506. The van der Waals surface area contributed by atoms with Crippen LogP contribution in [-0.2, 0) is 0 Å². The maximum Gasteiger partial charge on any atom is -0.00870 e. The second-order valence-electron chi connectivity index (χ2n) is 5.11. The quantitative estimate of drug-likeness (QED) is 0.555. The lowest BCUT2D eigenvalue weighted by atomic mass is 9.92. The third-order valence-corrected chi connectivity index (χ3v) is 3.64. The summed E-state index contributed by atoms with van der Waals surface area (Å²) >= 11 is 0. The molecule has 70 valence electrons. The largest absolute Gasteiger partial charge is 0.0854 e. The molecule has 0 nitrogen and oxygen atoms in total. The fourth-order valence-corrected chi connectivity index (χ4v) is 1.96. The highest BCUT2D eigenvalue weighted by atomic mass is 14.6. The zero-order chi connectivity index (χ0) is 9.41. The Morgan fingerprint density at radius 2 is 1.92 bits per heavy atom. The lowest BCUT2D eigenvalue weighted by molar-refractivity contribution is 0.439. The molecule has 1 rings (SSSR count). The number of hydrogen-bond donors (Lipinski definition) is 0. The Morgan fingerprint density at radius 1 is 1.33 bits per heavy atom. The molecule has 0 N–H and O–H groups in total. The molecule has 0 bridgehead atoms. The maximum absolute atomic E-state index is 2.43. The number of rotatable bonds is 3. The van der Waals surface area contributed by atoms with Crippen LogP contribution >= 0.6 is 0 Å². The van der Waals surface area contributed by atoms with Gasteiger partial charge in [-0.15, -0.1) is 0 Å². The van der Waals surface area contributed by atoms with E-state index in [-0.39, 0.29) is 0 Å². The monoisotopic (exact) mass is 166 g/mol. The van der Waals surface area contributed by atoms with Crippen molar-refractivity contribution in [2.24, 2.45) is 16.7 Å². The standard InChI is InChI=1S/C12H22/c1-6-11(4)9-12(11,5)8-7-10(2)3/h7-8,10H,6,9H2,1-5H3. The van der Waals surface area contributed by atoms with Gasteiger partial charge in [-0.2, -0.15) is 0 Å². The normalized spacial score (nSPS) is 41.2. The van der Waals surface area contributed by atoms with Crippen molar-refractivity contribution < 1.29 is 0 Å². The zero-order valence-electron chi connectivity index (χ0n) is 9.15. The number of hydrogen-bond acceptors (Lipinski definition) is 0. The Balaban J connectivity index is 2.56. The van der Waals surface area contributed by atoms with Gasteiger partial charge in [0.05, 0.1) is 0 Å². The topological polar surface area (TPSA) is 0 Å². The van der Waals surface area contributed by atoms with E-state index in [0.29, 0.717) is 16.7 Å². The van der Waals surface area contributed by atoms with Crippen molar-refractivity contribution >= 4 is 0 Å².